The van der Waals surface area contributed by atoms with Crippen LogP contribution in [-0.2, 0) is 4.79 Å². The van der Waals surface area contributed by atoms with E-state index in [1.54, 1.807) is 29.2 Å². The number of carbonyl (C=O) groups excluding carboxylic acids is 3. The number of piperazine rings is 1. The maximum atomic E-state index is 13.1. The third-order valence-corrected chi connectivity index (χ3v) is 5.45. The molecule has 2 aliphatic heterocycles. The predicted octanol–water partition coefficient (Wildman–Crippen LogP) is 2.42. The number of aryl methyl sites for hydroxylation is 1. The topological polar surface area (TPSA) is 69.7 Å². The van der Waals surface area contributed by atoms with E-state index < -0.39 is 11.8 Å². The van der Waals surface area contributed by atoms with Crippen LogP contribution in [0.3, 0.4) is 0 Å². The van der Waals surface area contributed by atoms with E-state index in [2.05, 4.69) is 5.32 Å². The predicted molar refractivity (Wildman–Crippen MR) is 105 cm³/mol. The molecule has 0 aliphatic carbocycles. The Balaban J connectivity index is 1.56. The molecule has 4 rings (SSSR count). The molecule has 2 aromatic carbocycles. The van der Waals surface area contributed by atoms with Gasteiger partial charge in [0.2, 0.25) is 5.91 Å². The van der Waals surface area contributed by atoms with E-state index in [0.717, 1.165) is 16.0 Å². The Morgan fingerprint density at radius 3 is 2.71 bits per heavy atom. The van der Waals surface area contributed by atoms with Crippen molar-refractivity contribution in [2.75, 3.05) is 26.2 Å². The van der Waals surface area contributed by atoms with Gasteiger partial charge in [-0.25, -0.2) is 0 Å². The number of carbonyl (C=O) groups is 3. The zero-order valence-electron chi connectivity index (χ0n) is 15.4. The maximum absolute atomic E-state index is 13.1. The second-order valence-corrected chi connectivity index (χ2v) is 7.54. The highest BCUT2D eigenvalue weighted by atomic mass is 35.5. The molecule has 1 N–H and O–H groups in total. The summed E-state index contributed by atoms with van der Waals surface area (Å²) in [6, 6.07) is 12.3. The molecule has 0 spiro atoms. The Hall–Kier alpha value is -2.70. The second kappa shape index (κ2) is 7.37. The summed E-state index contributed by atoms with van der Waals surface area (Å²) in [5, 5.41) is 3.89. The summed E-state index contributed by atoms with van der Waals surface area (Å²) in [7, 11) is 0. The molecule has 1 saturated heterocycles. The van der Waals surface area contributed by atoms with Gasteiger partial charge in [0, 0.05) is 24.7 Å². The summed E-state index contributed by atoms with van der Waals surface area (Å²) in [6.45, 7) is 3.35. The molecule has 2 heterocycles. The number of hydrogen-bond acceptors (Lipinski definition) is 4. The second-order valence-electron chi connectivity index (χ2n) is 7.11. The number of benzene rings is 2. The molecule has 3 amide bonds. The van der Waals surface area contributed by atoms with Crippen molar-refractivity contribution in [3.63, 3.8) is 0 Å². The van der Waals surface area contributed by atoms with Crippen LogP contribution in [0.1, 0.15) is 37.9 Å². The standard InChI is InChI=1S/C21H20ClN3O3/c1-13-5-6-16-17(9-13)21(28)25(20(16)27)12-19(26)24-8-7-23-11-18(24)14-3-2-4-15(22)10-14/h2-6,9-10,18,23H,7-8,11-12H2,1H3. The van der Waals surface area contributed by atoms with Crippen LogP contribution in [0.25, 0.3) is 0 Å². The van der Waals surface area contributed by atoms with Crippen LogP contribution in [0.2, 0.25) is 5.02 Å². The molecule has 144 valence electrons. The lowest BCUT2D eigenvalue weighted by atomic mass is 10.0. The van der Waals surface area contributed by atoms with Crippen LogP contribution in [-0.4, -0.2) is 53.7 Å². The Labute approximate surface area is 168 Å². The summed E-state index contributed by atoms with van der Waals surface area (Å²) in [5.74, 6) is -1.08. The Morgan fingerprint density at radius 1 is 1.14 bits per heavy atom. The maximum Gasteiger partial charge on any atom is 0.262 e. The molecule has 7 heteroatoms. The van der Waals surface area contributed by atoms with Crippen LogP contribution in [0.4, 0.5) is 0 Å². The van der Waals surface area contributed by atoms with Gasteiger partial charge < -0.3 is 10.2 Å². The van der Waals surface area contributed by atoms with Gasteiger partial charge in [0.05, 0.1) is 17.2 Å². The molecule has 0 saturated carbocycles. The number of halogens is 1. The number of nitrogens with one attached hydrogen (secondary N) is 1. The average Bonchev–Trinajstić information content (AvgIpc) is 2.92. The monoisotopic (exact) mass is 397 g/mol. The van der Waals surface area contributed by atoms with E-state index in [1.807, 2.05) is 25.1 Å². The highest BCUT2D eigenvalue weighted by Crippen LogP contribution is 2.27. The minimum absolute atomic E-state index is 0.197. The van der Waals surface area contributed by atoms with Gasteiger partial charge in [-0.3, -0.25) is 19.3 Å². The molecule has 1 fully saturated rings. The van der Waals surface area contributed by atoms with Crippen LogP contribution in [0.5, 0.6) is 0 Å². The number of imide groups is 1. The minimum Gasteiger partial charge on any atom is -0.332 e. The van der Waals surface area contributed by atoms with Gasteiger partial charge in [0.15, 0.2) is 0 Å². The SMILES string of the molecule is Cc1ccc2c(c1)C(=O)N(CC(=O)N1CCNCC1c1cccc(Cl)c1)C2=O. The van der Waals surface area contributed by atoms with Crippen LogP contribution < -0.4 is 5.32 Å². The van der Waals surface area contributed by atoms with Gasteiger partial charge in [-0.2, -0.15) is 0 Å². The van der Waals surface area contributed by atoms with Gasteiger partial charge in [-0.15, -0.1) is 0 Å². The largest absolute Gasteiger partial charge is 0.332 e. The van der Waals surface area contributed by atoms with E-state index in [-0.39, 0.29) is 18.5 Å². The first-order valence-corrected chi connectivity index (χ1v) is 9.56. The lowest BCUT2D eigenvalue weighted by Gasteiger charge is -2.37. The number of fused-ring (bicyclic) bond motifs is 1. The Morgan fingerprint density at radius 2 is 1.93 bits per heavy atom. The fourth-order valence-electron chi connectivity index (χ4n) is 3.79. The zero-order chi connectivity index (χ0) is 19.8. The zero-order valence-corrected chi connectivity index (χ0v) is 16.2. The minimum atomic E-state index is -0.414. The smallest absolute Gasteiger partial charge is 0.262 e. The van der Waals surface area contributed by atoms with Gasteiger partial charge in [-0.05, 0) is 36.8 Å². The average molecular weight is 398 g/mol. The normalized spacial score (nSPS) is 19.1. The summed E-state index contributed by atoms with van der Waals surface area (Å²) < 4.78 is 0. The van der Waals surface area contributed by atoms with E-state index in [9.17, 15) is 14.4 Å². The Bertz CT molecular complexity index is 975. The van der Waals surface area contributed by atoms with E-state index >= 15 is 0 Å². The van der Waals surface area contributed by atoms with E-state index in [0.29, 0.717) is 35.8 Å². The summed E-state index contributed by atoms with van der Waals surface area (Å²) >= 11 is 6.11. The van der Waals surface area contributed by atoms with Crippen molar-refractivity contribution in [1.82, 2.24) is 15.1 Å². The summed E-state index contributed by atoms with van der Waals surface area (Å²) in [5.41, 5.74) is 2.54. The molecule has 1 unspecified atom stereocenters. The number of rotatable bonds is 3. The van der Waals surface area contributed by atoms with Crippen LogP contribution >= 0.6 is 11.6 Å². The molecule has 28 heavy (non-hydrogen) atoms. The Kier molecular flexibility index (Phi) is 4.91. The summed E-state index contributed by atoms with van der Waals surface area (Å²) in [4.78, 5) is 41.1. The van der Waals surface area contributed by atoms with Crippen LogP contribution in [0.15, 0.2) is 42.5 Å². The number of hydrogen-bond donors (Lipinski definition) is 1. The van der Waals surface area contributed by atoms with E-state index in [1.165, 1.54) is 0 Å². The van der Waals surface area contributed by atoms with Crippen molar-refractivity contribution < 1.29 is 14.4 Å². The molecular formula is C21H20ClN3O3. The molecule has 6 nitrogen and oxygen atoms in total. The number of amides is 3. The first kappa shape index (κ1) is 18.7. The van der Waals surface area contributed by atoms with Gasteiger partial charge in [0.25, 0.3) is 11.8 Å². The van der Waals surface area contributed by atoms with Crippen molar-refractivity contribution in [1.29, 1.82) is 0 Å². The van der Waals surface area contributed by atoms with Gasteiger partial charge in [-0.1, -0.05) is 35.4 Å². The lowest BCUT2D eigenvalue weighted by Crippen LogP contribution is -2.52. The quantitative estimate of drug-likeness (QED) is 0.807. The van der Waals surface area contributed by atoms with Gasteiger partial charge >= 0.3 is 0 Å². The molecule has 2 aromatic rings. The molecule has 0 aromatic heterocycles. The molecular weight excluding hydrogens is 378 g/mol. The molecule has 0 radical (unpaired) electrons. The van der Waals surface area contributed by atoms with Crippen molar-refractivity contribution in [3.8, 4) is 0 Å². The fourth-order valence-corrected chi connectivity index (χ4v) is 3.99. The van der Waals surface area contributed by atoms with Crippen LogP contribution in [0, 0.1) is 6.92 Å². The highest BCUT2D eigenvalue weighted by Gasteiger charge is 2.38. The van der Waals surface area contributed by atoms with Crippen molar-refractivity contribution >= 4 is 29.3 Å². The lowest BCUT2D eigenvalue weighted by molar-refractivity contribution is -0.134. The van der Waals surface area contributed by atoms with Crippen molar-refractivity contribution in [3.05, 3.63) is 69.7 Å². The first-order valence-electron chi connectivity index (χ1n) is 9.18. The summed E-state index contributed by atoms with van der Waals surface area (Å²) in [6.07, 6.45) is 0. The third kappa shape index (κ3) is 3.30. The highest BCUT2D eigenvalue weighted by molar-refractivity contribution is 6.30. The molecule has 0 bridgehead atoms. The van der Waals surface area contributed by atoms with Crippen molar-refractivity contribution in [2.24, 2.45) is 0 Å². The fraction of sp³-hybridized carbons (Fsp3) is 0.286. The number of nitrogens with zero attached hydrogens (tertiary/aromatic N) is 2. The van der Waals surface area contributed by atoms with Crippen molar-refractivity contribution in [2.45, 2.75) is 13.0 Å². The van der Waals surface area contributed by atoms with E-state index in [4.69, 9.17) is 11.6 Å². The third-order valence-electron chi connectivity index (χ3n) is 5.22. The van der Waals surface area contributed by atoms with Gasteiger partial charge in [0.1, 0.15) is 6.54 Å². The first-order chi connectivity index (χ1) is 13.5. The molecule has 2 aliphatic rings. The molecule has 1 atom stereocenters.